The number of carboxylic acids is 1. The maximum atomic E-state index is 12.0. The van der Waals surface area contributed by atoms with Crippen molar-refractivity contribution in [2.45, 2.75) is 20.3 Å². The number of aliphatic carboxylic acids is 1. The van der Waals surface area contributed by atoms with Gasteiger partial charge in [0.15, 0.2) is 0 Å². The average Bonchev–Trinajstić information content (AvgIpc) is 2.62. The maximum Gasteiger partial charge on any atom is 0.318 e. The van der Waals surface area contributed by atoms with Crippen LogP contribution >= 0.6 is 0 Å². The van der Waals surface area contributed by atoms with E-state index in [9.17, 15) is 9.59 Å². The Bertz CT molecular complexity index is 315. The monoisotopic (exact) mass is 242 g/mol. The normalized spacial score (nSPS) is 21.5. The molecule has 5 nitrogen and oxygen atoms in total. The summed E-state index contributed by atoms with van der Waals surface area (Å²) in [5, 5.41) is 9.01. The first-order chi connectivity index (χ1) is 7.75. The number of likely N-dealkylation sites (tertiary alicyclic amines) is 1. The molecule has 0 aromatic carbocycles. The number of amides is 1. The van der Waals surface area contributed by atoms with Gasteiger partial charge in [-0.15, -0.1) is 0 Å². The van der Waals surface area contributed by atoms with E-state index in [1.54, 1.807) is 11.9 Å². The highest BCUT2D eigenvalue weighted by Crippen LogP contribution is 2.21. The van der Waals surface area contributed by atoms with Crippen molar-refractivity contribution in [2.75, 3.05) is 33.7 Å². The van der Waals surface area contributed by atoms with Crippen molar-refractivity contribution in [1.82, 2.24) is 9.80 Å². The fourth-order valence-corrected chi connectivity index (χ4v) is 2.21. The molecule has 0 radical (unpaired) electrons. The Labute approximate surface area is 102 Å². The Morgan fingerprint density at radius 2 is 2.06 bits per heavy atom. The zero-order chi connectivity index (χ0) is 13.2. The van der Waals surface area contributed by atoms with Crippen LogP contribution in [0.2, 0.25) is 0 Å². The summed E-state index contributed by atoms with van der Waals surface area (Å²) in [5.41, 5.74) is -1.33. The molecule has 1 aliphatic rings. The summed E-state index contributed by atoms with van der Waals surface area (Å²) in [6.45, 7) is 5.57. The van der Waals surface area contributed by atoms with Gasteiger partial charge in [0, 0.05) is 20.1 Å². The topological polar surface area (TPSA) is 60.9 Å². The van der Waals surface area contributed by atoms with Crippen LogP contribution in [0.5, 0.6) is 0 Å². The van der Waals surface area contributed by atoms with Crippen LogP contribution in [0.25, 0.3) is 0 Å². The largest absolute Gasteiger partial charge is 0.480 e. The van der Waals surface area contributed by atoms with E-state index >= 15 is 0 Å². The van der Waals surface area contributed by atoms with Crippen molar-refractivity contribution >= 4 is 11.9 Å². The molecule has 1 saturated heterocycles. The first-order valence-electron chi connectivity index (χ1n) is 5.92. The lowest BCUT2D eigenvalue weighted by Gasteiger charge is -2.28. The summed E-state index contributed by atoms with van der Waals surface area (Å²) < 4.78 is 0. The van der Waals surface area contributed by atoms with Crippen molar-refractivity contribution < 1.29 is 14.7 Å². The average molecular weight is 242 g/mol. The first kappa shape index (κ1) is 14.0. The number of carbonyl (C=O) groups excluding carboxylic acids is 1. The Morgan fingerprint density at radius 3 is 2.47 bits per heavy atom. The van der Waals surface area contributed by atoms with E-state index in [0.29, 0.717) is 12.5 Å². The third-order valence-electron chi connectivity index (χ3n) is 3.44. The molecule has 1 amide bonds. The minimum atomic E-state index is -1.33. The number of nitrogens with zero attached hydrogens (tertiary/aromatic N) is 2. The molecule has 5 heteroatoms. The summed E-state index contributed by atoms with van der Waals surface area (Å²) in [4.78, 5) is 26.8. The van der Waals surface area contributed by atoms with Gasteiger partial charge in [-0.1, -0.05) is 0 Å². The highest BCUT2D eigenvalue weighted by atomic mass is 16.4. The Morgan fingerprint density at radius 1 is 1.47 bits per heavy atom. The van der Waals surface area contributed by atoms with Crippen LogP contribution < -0.4 is 0 Å². The van der Waals surface area contributed by atoms with Crippen LogP contribution in [0.3, 0.4) is 0 Å². The molecule has 17 heavy (non-hydrogen) atoms. The van der Waals surface area contributed by atoms with E-state index in [1.807, 2.05) is 0 Å². The summed E-state index contributed by atoms with van der Waals surface area (Å²) >= 11 is 0. The van der Waals surface area contributed by atoms with Crippen molar-refractivity contribution in [1.29, 1.82) is 0 Å². The molecule has 0 aromatic rings. The molecule has 0 saturated carbocycles. The fraction of sp³-hybridized carbons (Fsp3) is 0.833. The van der Waals surface area contributed by atoms with E-state index in [0.717, 1.165) is 19.5 Å². The van der Waals surface area contributed by atoms with Gasteiger partial charge in [-0.25, -0.2) is 0 Å². The molecule has 0 spiro atoms. The Hall–Kier alpha value is -1.10. The molecule has 1 N–H and O–H groups in total. The molecule has 0 aliphatic carbocycles. The molecular weight excluding hydrogens is 220 g/mol. The molecule has 1 atom stereocenters. The summed E-state index contributed by atoms with van der Waals surface area (Å²) in [7, 11) is 3.74. The Kier molecular flexibility index (Phi) is 4.14. The van der Waals surface area contributed by atoms with Crippen molar-refractivity contribution in [3.8, 4) is 0 Å². The molecule has 1 rings (SSSR count). The van der Waals surface area contributed by atoms with Gasteiger partial charge in [0.25, 0.3) is 0 Å². The number of hydrogen-bond acceptors (Lipinski definition) is 3. The molecule has 1 fully saturated rings. The molecule has 0 bridgehead atoms. The predicted molar refractivity (Wildman–Crippen MR) is 64.7 cm³/mol. The minimum Gasteiger partial charge on any atom is -0.480 e. The molecular formula is C12H22N2O3. The van der Waals surface area contributed by atoms with Gasteiger partial charge in [0.05, 0.1) is 0 Å². The second kappa shape index (κ2) is 5.04. The van der Waals surface area contributed by atoms with Crippen LogP contribution in [0, 0.1) is 11.3 Å². The quantitative estimate of drug-likeness (QED) is 0.730. The van der Waals surface area contributed by atoms with E-state index in [1.165, 1.54) is 13.8 Å². The van der Waals surface area contributed by atoms with E-state index in [2.05, 4.69) is 11.9 Å². The van der Waals surface area contributed by atoms with Gasteiger partial charge in [0.1, 0.15) is 5.41 Å². The van der Waals surface area contributed by atoms with Gasteiger partial charge in [0.2, 0.25) is 5.91 Å². The van der Waals surface area contributed by atoms with Crippen LogP contribution in [0.4, 0.5) is 0 Å². The van der Waals surface area contributed by atoms with E-state index in [4.69, 9.17) is 5.11 Å². The standard InChI is InChI=1S/C12H22N2O3/c1-12(2,11(16)17)10(15)14(4)8-9-5-6-13(3)7-9/h9H,5-8H2,1-4H3,(H,16,17). The zero-order valence-corrected chi connectivity index (χ0v) is 11.1. The van der Waals surface area contributed by atoms with E-state index < -0.39 is 11.4 Å². The van der Waals surface area contributed by atoms with Crippen molar-refractivity contribution in [3.05, 3.63) is 0 Å². The van der Waals surface area contributed by atoms with Crippen LogP contribution in [-0.2, 0) is 9.59 Å². The molecule has 0 aromatic heterocycles. The molecule has 1 unspecified atom stereocenters. The summed E-state index contributed by atoms with van der Waals surface area (Å²) in [6, 6.07) is 0. The van der Waals surface area contributed by atoms with Gasteiger partial charge >= 0.3 is 5.97 Å². The Balaban J connectivity index is 2.55. The molecule has 1 heterocycles. The fourth-order valence-electron chi connectivity index (χ4n) is 2.21. The summed E-state index contributed by atoms with van der Waals surface area (Å²) in [5.74, 6) is -0.934. The summed E-state index contributed by atoms with van der Waals surface area (Å²) in [6.07, 6.45) is 1.07. The lowest BCUT2D eigenvalue weighted by atomic mass is 9.91. The van der Waals surface area contributed by atoms with Crippen molar-refractivity contribution in [3.63, 3.8) is 0 Å². The first-order valence-corrected chi connectivity index (χ1v) is 5.92. The number of carboxylic acid groups (broad SMARTS) is 1. The van der Waals surface area contributed by atoms with Gasteiger partial charge in [-0.3, -0.25) is 9.59 Å². The lowest BCUT2D eigenvalue weighted by molar-refractivity contribution is -0.157. The molecule has 98 valence electrons. The number of hydrogen-bond donors (Lipinski definition) is 1. The third-order valence-corrected chi connectivity index (χ3v) is 3.44. The predicted octanol–water partition coefficient (Wildman–Crippen LogP) is 0.507. The minimum absolute atomic E-state index is 0.320. The highest BCUT2D eigenvalue weighted by molar-refractivity contribution is 6.00. The third kappa shape index (κ3) is 3.19. The van der Waals surface area contributed by atoms with Crippen molar-refractivity contribution in [2.24, 2.45) is 11.3 Å². The second-order valence-corrected chi connectivity index (χ2v) is 5.53. The maximum absolute atomic E-state index is 12.0. The number of rotatable bonds is 4. The van der Waals surface area contributed by atoms with Crippen LogP contribution in [0.15, 0.2) is 0 Å². The van der Waals surface area contributed by atoms with Crippen LogP contribution in [-0.4, -0.2) is 60.5 Å². The zero-order valence-electron chi connectivity index (χ0n) is 11.1. The smallest absolute Gasteiger partial charge is 0.318 e. The number of carbonyl (C=O) groups is 2. The van der Waals surface area contributed by atoms with Crippen LogP contribution in [0.1, 0.15) is 20.3 Å². The molecule has 1 aliphatic heterocycles. The SMILES string of the molecule is CN1CCC(CN(C)C(=O)C(C)(C)C(=O)O)C1. The lowest BCUT2D eigenvalue weighted by Crippen LogP contribution is -2.45. The highest BCUT2D eigenvalue weighted by Gasteiger charge is 2.38. The van der Waals surface area contributed by atoms with Gasteiger partial charge in [-0.2, -0.15) is 0 Å². The van der Waals surface area contributed by atoms with Gasteiger partial charge in [-0.05, 0) is 39.8 Å². The second-order valence-electron chi connectivity index (χ2n) is 5.53. The van der Waals surface area contributed by atoms with E-state index in [-0.39, 0.29) is 5.91 Å². The van der Waals surface area contributed by atoms with Gasteiger partial charge < -0.3 is 14.9 Å².